The summed E-state index contributed by atoms with van der Waals surface area (Å²) in [5, 5.41) is 12.0. The van der Waals surface area contributed by atoms with Crippen LogP contribution in [0.25, 0.3) is 0 Å². The van der Waals surface area contributed by atoms with Gasteiger partial charge in [-0.05, 0) is 54.0 Å². The minimum Gasteiger partial charge on any atom is -0.488 e. The van der Waals surface area contributed by atoms with E-state index in [0.29, 0.717) is 6.61 Å². The maximum atomic E-state index is 9.98. The number of benzene rings is 1. The highest BCUT2D eigenvalue weighted by molar-refractivity contribution is 7.09. The average molecular weight is 260 g/mol. The third-order valence-corrected chi connectivity index (χ3v) is 4.21. The molecule has 0 fully saturated rings. The summed E-state index contributed by atoms with van der Waals surface area (Å²) < 4.78 is 5.76. The molecule has 1 aromatic heterocycles. The predicted molar refractivity (Wildman–Crippen MR) is 73.0 cm³/mol. The Kier molecular flexibility index (Phi) is 3.35. The number of aliphatic hydroxyl groups is 1. The van der Waals surface area contributed by atoms with Crippen LogP contribution in [-0.2, 0) is 13.0 Å². The summed E-state index contributed by atoms with van der Waals surface area (Å²) >= 11 is 1.70. The van der Waals surface area contributed by atoms with E-state index in [9.17, 15) is 5.11 Å². The first-order valence-electron chi connectivity index (χ1n) is 6.29. The first kappa shape index (κ1) is 11.8. The maximum Gasteiger partial charge on any atom is 0.122 e. The molecule has 1 N–H and O–H groups in total. The van der Waals surface area contributed by atoms with E-state index in [0.717, 1.165) is 30.6 Å². The van der Waals surface area contributed by atoms with Crippen LogP contribution in [0.3, 0.4) is 0 Å². The summed E-state index contributed by atoms with van der Waals surface area (Å²) in [7, 11) is 0. The van der Waals surface area contributed by atoms with Crippen LogP contribution in [0.1, 0.15) is 34.9 Å². The molecule has 0 radical (unpaired) electrons. The quantitative estimate of drug-likeness (QED) is 0.912. The van der Waals surface area contributed by atoms with Gasteiger partial charge in [0.05, 0.1) is 6.10 Å². The standard InChI is InChI=1S/C15H16O2S/c16-15-5-1-3-11-6-7-12(9-14(11)15)17-10-13-4-2-8-18-13/h2,4,6-9,15-16H,1,3,5,10H2. The Morgan fingerprint density at radius 1 is 1.33 bits per heavy atom. The predicted octanol–water partition coefficient (Wildman–Crippen LogP) is 3.70. The van der Waals surface area contributed by atoms with Crippen LogP contribution in [-0.4, -0.2) is 5.11 Å². The fourth-order valence-electron chi connectivity index (χ4n) is 2.39. The molecular formula is C15H16O2S. The molecule has 2 nitrogen and oxygen atoms in total. The van der Waals surface area contributed by atoms with E-state index < -0.39 is 0 Å². The van der Waals surface area contributed by atoms with Gasteiger partial charge in [0.2, 0.25) is 0 Å². The van der Waals surface area contributed by atoms with Crippen LogP contribution in [0.5, 0.6) is 5.75 Å². The van der Waals surface area contributed by atoms with E-state index in [1.54, 1.807) is 11.3 Å². The van der Waals surface area contributed by atoms with Gasteiger partial charge in [0.25, 0.3) is 0 Å². The Bertz CT molecular complexity index is 519. The zero-order chi connectivity index (χ0) is 12.4. The highest BCUT2D eigenvalue weighted by Crippen LogP contribution is 2.32. The fraction of sp³-hybridized carbons (Fsp3) is 0.333. The highest BCUT2D eigenvalue weighted by Gasteiger charge is 2.18. The minimum absolute atomic E-state index is 0.320. The molecule has 2 aromatic rings. The van der Waals surface area contributed by atoms with Crippen molar-refractivity contribution in [2.45, 2.75) is 32.0 Å². The first-order valence-corrected chi connectivity index (χ1v) is 7.17. The molecule has 0 saturated carbocycles. The largest absolute Gasteiger partial charge is 0.488 e. The monoisotopic (exact) mass is 260 g/mol. The lowest BCUT2D eigenvalue weighted by Gasteiger charge is -2.21. The number of rotatable bonds is 3. The Morgan fingerprint density at radius 3 is 3.11 bits per heavy atom. The summed E-state index contributed by atoms with van der Waals surface area (Å²) in [6.45, 7) is 0.604. The second-order valence-corrected chi connectivity index (χ2v) is 5.67. The van der Waals surface area contributed by atoms with Gasteiger partial charge in [0.15, 0.2) is 0 Å². The van der Waals surface area contributed by atoms with Gasteiger partial charge in [-0.2, -0.15) is 0 Å². The molecular weight excluding hydrogens is 244 g/mol. The molecule has 1 unspecified atom stereocenters. The van der Waals surface area contributed by atoms with Crippen molar-refractivity contribution in [1.82, 2.24) is 0 Å². The summed E-state index contributed by atoms with van der Waals surface area (Å²) in [6.07, 6.45) is 2.68. The SMILES string of the molecule is OC1CCCc2ccc(OCc3cccs3)cc21. The molecule has 1 aliphatic carbocycles. The molecule has 0 spiro atoms. The van der Waals surface area contributed by atoms with Crippen molar-refractivity contribution < 1.29 is 9.84 Å². The molecule has 0 saturated heterocycles. The topological polar surface area (TPSA) is 29.5 Å². The number of hydrogen-bond donors (Lipinski definition) is 1. The normalized spacial score (nSPS) is 18.4. The van der Waals surface area contributed by atoms with Crippen LogP contribution in [0.15, 0.2) is 35.7 Å². The first-order chi connectivity index (χ1) is 8.83. The van der Waals surface area contributed by atoms with Gasteiger partial charge < -0.3 is 9.84 Å². The molecule has 18 heavy (non-hydrogen) atoms. The van der Waals surface area contributed by atoms with Gasteiger partial charge in [-0.25, -0.2) is 0 Å². The Balaban J connectivity index is 1.75. The van der Waals surface area contributed by atoms with Gasteiger partial charge in [0.1, 0.15) is 12.4 Å². The second kappa shape index (κ2) is 5.12. The van der Waals surface area contributed by atoms with Crippen LogP contribution >= 0.6 is 11.3 Å². The van der Waals surface area contributed by atoms with Crippen LogP contribution in [0, 0.1) is 0 Å². The van der Waals surface area contributed by atoms with E-state index in [-0.39, 0.29) is 6.10 Å². The van der Waals surface area contributed by atoms with Crippen molar-refractivity contribution in [1.29, 1.82) is 0 Å². The molecule has 0 amide bonds. The molecule has 1 aliphatic rings. The summed E-state index contributed by atoms with van der Waals surface area (Å²) in [6, 6.07) is 10.2. The van der Waals surface area contributed by atoms with Gasteiger partial charge in [0, 0.05) is 4.88 Å². The number of thiophene rings is 1. The van der Waals surface area contributed by atoms with E-state index in [1.807, 2.05) is 18.2 Å². The number of aryl methyl sites for hydroxylation is 1. The minimum atomic E-state index is -0.320. The fourth-order valence-corrected chi connectivity index (χ4v) is 3.01. The third-order valence-electron chi connectivity index (χ3n) is 3.36. The third kappa shape index (κ3) is 2.42. The summed E-state index contributed by atoms with van der Waals surface area (Å²) in [5.74, 6) is 0.850. The van der Waals surface area contributed by atoms with Crippen molar-refractivity contribution in [3.63, 3.8) is 0 Å². The van der Waals surface area contributed by atoms with E-state index in [2.05, 4.69) is 17.5 Å². The van der Waals surface area contributed by atoms with Gasteiger partial charge in [-0.15, -0.1) is 11.3 Å². The molecule has 0 aliphatic heterocycles. The molecule has 0 bridgehead atoms. The lowest BCUT2D eigenvalue weighted by Crippen LogP contribution is -2.09. The zero-order valence-corrected chi connectivity index (χ0v) is 11.0. The Morgan fingerprint density at radius 2 is 2.28 bits per heavy atom. The van der Waals surface area contributed by atoms with Crippen molar-refractivity contribution >= 4 is 11.3 Å². The highest BCUT2D eigenvalue weighted by atomic mass is 32.1. The van der Waals surface area contributed by atoms with Crippen molar-refractivity contribution in [2.24, 2.45) is 0 Å². The van der Waals surface area contributed by atoms with E-state index >= 15 is 0 Å². The average Bonchev–Trinajstić information content (AvgIpc) is 2.90. The van der Waals surface area contributed by atoms with Gasteiger partial charge in [-0.3, -0.25) is 0 Å². The van der Waals surface area contributed by atoms with Crippen molar-refractivity contribution in [3.05, 3.63) is 51.7 Å². The molecule has 3 rings (SSSR count). The number of hydrogen-bond acceptors (Lipinski definition) is 3. The zero-order valence-electron chi connectivity index (χ0n) is 10.1. The maximum absolute atomic E-state index is 9.98. The van der Waals surface area contributed by atoms with E-state index in [1.165, 1.54) is 10.4 Å². The van der Waals surface area contributed by atoms with Gasteiger partial charge >= 0.3 is 0 Å². The Labute approximate surface area is 111 Å². The van der Waals surface area contributed by atoms with Crippen LogP contribution in [0.2, 0.25) is 0 Å². The van der Waals surface area contributed by atoms with Crippen LogP contribution in [0.4, 0.5) is 0 Å². The molecule has 94 valence electrons. The van der Waals surface area contributed by atoms with E-state index in [4.69, 9.17) is 4.74 Å². The van der Waals surface area contributed by atoms with Crippen molar-refractivity contribution in [3.8, 4) is 5.75 Å². The molecule has 1 atom stereocenters. The summed E-state index contributed by atoms with van der Waals surface area (Å²) in [5.41, 5.74) is 2.31. The van der Waals surface area contributed by atoms with Gasteiger partial charge in [-0.1, -0.05) is 12.1 Å². The lowest BCUT2D eigenvalue weighted by atomic mass is 9.89. The summed E-state index contributed by atoms with van der Waals surface area (Å²) in [4.78, 5) is 1.22. The molecule has 1 heterocycles. The number of fused-ring (bicyclic) bond motifs is 1. The van der Waals surface area contributed by atoms with Crippen LogP contribution < -0.4 is 4.74 Å². The second-order valence-electron chi connectivity index (χ2n) is 4.64. The Hall–Kier alpha value is -1.32. The molecule has 1 aromatic carbocycles. The van der Waals surface area contributed by atoms with Crippen molar-refractivity contribution in [2.75, 3.05) is 0 Å². The molecule has 3 heteroatoms. The number of ether oxygens (including phenoxy) is 1. The smallest absolute Gasteiger partial charge is 0.122 e. The lowest BCUT2D eigenvalue weighted by molar-refractivity contribution is 0.156. The number of aliphatic hydroxyl groups excluding tert-OH is 1.